The smallest absolute Gasteiger partial charge is 0.340 e. The van der Waals surface area contributed by atoms with Crippen LogP contribution in [0.5, 0.6) is 0 Å². The molecule has 1 aromatic carbocycles. The van der Waals surface area contributed by atoms with Crippen molar-refractivity contribution in [1.82, 2.24) is 0 Å². The maximum absolute atomic E-state index is 14.1. The Hall–Kier alpha value is -1.82. The Morgan fingerprint density at radius 1 is 1.38 bits per heavy atom. The lowest BCUT2D eigenvalue weighted by Crippen LogP contribution is -2.35. The van der Waals surface area contributed by atoms with Crippen molar-refractivity contribution in [2.75, 3.05) is 44.5 Å². The molecule has 0 aliphatic carbocycles. The fourth-order valence-corrected chi connectivity index (χ4v) is 2.68. The van der Waals surface area contributed by atoms with Crippen LogP contribution in [-0.2, 0) is 9.47 Å². The van der Waals surface area contributed by atoms with E-state index in [0.717, 1.165) is 32.5 Å². The third-order valence-corrected chi connectivity index (χ3v) is 3.88. The fourth-order valence-electron chi connectivity index (χ4n) is 2.68. The largest absolute Gasteiger partial charge is 0.465 e. The standard InChI is InChI=1S/C15H21FN2O3/c1-20-9-10-3-5-18(6-4-10)14-7-11(15(19)21-2)13(17)8-12(14)16/h7-8,10H,3-6,9,17H2,1-2H3. The highest BCUT2D eigenvalue weighted by Crippen LogP contribution is 2.29. The van der Waals surface area contributed by atoms with Crippen molar-refractivity contribution in [2.45, 2.75) is 12.8 Å². The van der Waals surface area contributed by atoms with Crippen molar-refractivity contribution in [3.8, 4) is 0 Å². The van der Waals surface area contributed by atoms with E-state index in [9.17, 15) is 9.18 Å². The minimum Gasteiger partial charge on any atom is -0.465 e. The molecule has 0 saturated carbocycles. The van der Waals surface area contributed by atoms with Gasteiger partial charge in [0.15, 0.2) is 0 Å². The lowest BCUT2D eigenvalue weighted by Gasteiger charge is -2.33. The van der Waals surface area contributed by atoms with E-state index in [-0.39, 0.29) is 11.3 Å². The number of nitrogens with zero attached hydrogens (tertiary/aromatic N) is 1. The zero-order valence-corrected chi connectivity index (χ0v) is 12.4. The van der Waals surface area contributed by atoms with E-state index in [1.165, 1.54) is 19.2 Å². The minimum absolute atomic E-state index is 0.0948. The maximum Gasteiger partial charge on any atom is 0.340 e. The number of piperidine rings is 1. The van der Waals surface area contributed by atoms with E-state index in [0.29, 0.717) is 11.6 Å². The second-order valence-electron chi connectivity index (χ2n) is 5.27. The lowest BCUT2D eigenvalue weighted by molar-refractivity contribution is 0.0602. The molecule has 1 aliphatic rings. The van der Waals surface area contributed by atoms with Crippen molar-refractivity contribution in [2.24, 2.45) is 5.92 Å². The molecule has 1 fully saturated rings. The van der Waals surface area contributed by atoms with Crippen LogP contribution in [0.1, 0.15) is 23.2 Å². The molecule has 1 aliphatic heterocycles. The molecule has 0 bridgehead atoms. The predicted molar refractivity (Wildman–Crippen MR) is 79.0 cm³/mol. The third kappa shape index (κ3) is 3.44. The van der Waals surface area contributed by atoms with Gasteiger partial charge in [0.05, 0.1) is 18.4 Å². The molecule has 1 heterocycles. The van der Waals surface area contributed by atoms with Gasteiger partial charge >= 0.3 is 5.97 Å². The van der Waals surface area contributed by atoms with E-state index >= 15 is 0 Å². The fraction of sp³-hybridized carbons (Fsp3) is 0.533. The first kappa shape index (κ1) is 15.6. The molecule has 21 heavy (non-hydrogen) atoms. The second-order valence-corrected chi connectivity index (χ2v) is 5.27. The summed E-state index contributed by atoms with van der Waals surface area (Å²) in [5.41, 5.74) is 6.38. The van der Waals surface area contributed by atoms with Crippen LogP contribution in [0.3, 0.4) is 0 Å². The third-order valence-electron chi connectivity index (χ3n) is 3.88. The molecule has 0 amide bonds. The molecular weight excluding hydrogens is 275 g/mol. The van der Waals surface area contributed by atoms with Crippen LogP contribution in [0.15, 0.2) is 12.1 Å². The van der Waals surface area contributed by atoms with E-state index in [1.807, 2.05) is 4.90 Å². The summed E-state index contributed by atoms with van der Waals surface area (Å²) in [7, 11) is 2.97. The van der Waals surface area contributed by atoms with Gasteiger partial charge in [-0.2, -0.15) is 0 Å². The number of halogens is 1. The highest BCUT2D eigenvalue weighted by Gasteiger charge is 2.23. The first-order valence-electron chi connectivity index (χ1n) is 6.98. The summed E-state index contributed by atoms with van der Waals surface area (Å²) in [6.07, 6.45) is 1.87. The number of nitrogen functional groups attached to an aromatic ring is 1. The maximum atomic E-state index is 14.1. The Morgan fingerprint density at radius 2 is 2.05 bits per heavy atom. The average molecular weight is 296 g/mol. The van der Waals surface area contributed by atoms with Gasteiger partial charge in [-0.3, -0.25) is 0 Å². The Labute approximate surface area is 123 Å². The van der Waals surface area contributed by atoms with E-state index in [1.54, 1.807) is 7.11 Å². The van der Waals surface area contributed by atoms with Crippen molar-refractivity contribution in [1.29, 1.82) is 0 Å². The van der Waals surface area contributed by atoms with Crippen molar-refractivity contribution in [3.63, 3.8) is 0 Å². The monoisotopic (exact) mass is 296 g/mol. The second kappa shape index (κ2) is 6.76. The van der Waals surface area contributed by atoms with Gasteiger partial charge in [0.25, 0.3) is 0 Å². The highest BCUT2D eigenvalue weighted by molar-refractivity contribution is 5.96. The summed E-state index contributed by atoms with van der Waals surface area (Å²) in [6.45, 7) is 2.19. The van der Waals surface area contributed by atoms with Gasteiger partial charge < -0.3 is 20.1 Å². The molecule has 0 unspecified atom stereocenters. The van der Waals surface area contributed by atoms with Gasteiger partial charge in [0.1, 0.15) is 5.82 Å². The molecule has 116 valence electrons. The van der Waals surface area contributed by atoms with Gasteiger partial charge in [-0.05, 0) is 30.9 Å². The topological polar surface area (TPSA) is 64.8 Å². The SMILES string of the molecule is COCC1CCN(c2cc(C(=O)OC)c(N)cc2F)CC1. The van der Waals surface area contributed by atoms with Crippen LogP contribution in [-0.4, -0.2) is 39.9 Å². The zero-order chi connectivity index (χ0) is 15.4. The summed E-state index contributed by atoms with van der Waals surface area (Å²) in [5, 5.41) is 0. The number of nitrogens with two attached hydrogens (primary N) is 1. The molecule has 1 aromatic rings. The van der Waals surface area contributed by atoms with Crippen LogP contribution >= 0.6 is 0 Å². The van der Waals surface area contributed by atoms with E-state index in [2.05, 4.69) is 4.74 Å². The molecule has 0 spiro atoms. The molecule has 2 N–H and O–H groups in total. The van der Waals surface area contributed by atoms with Crippen molar-refractivity contribution in [3.05, 3.63) is 23.5 Å². The summed E-state index contributed by atoms with van der Waals surface area (Å²) < 4.78 is 24.0. The van der Waals surface area contributed by atoms with E-state index < -0.39 is 11.8 Å². The molecule has 5 nitrogen and oxygen atoms in total. The lowest BCUT2D eigenvalue weighted by atomic mass is 9.97. The first-order valence-corrected chi connectivity index (χ1v) is 6.98. The van der Waals surface area contributed by atoms with Gasteiger partial charge in [-0.1, -0.05) is 0 Å². The molecular formula is C15H21FN2O3. The summed E-state index contributed by atoms with van der Waals surface area (Å²) in [5.74, 6) is -0.462. The highest BCUT2D eigenvalue weighted by atomic mass is 19.1. The molecule has 0 aromatic heterocycles. The van der Waals surface area contributed by atoms with Crippen LogP contribution in [0.2, 0.25) is 0 Å². The normalized spacial score (nSPS) is 16.0. The number of carbonyl (C=O) groups is 1. The summed E-state index contributed by atoms with van der Waals surface area (Å²) in [4.78, 5) is 13.6. The number of hydrogen-bond donors (Lipinski definition) is 1. The number of rotatable bonds is 4. The number of anilines is 2. The molecule has 0 radical (unpaired) electrons. The van der Waals surface area contributed by atoms with E-state index in [4.69, 9.17) is 10.5 Å². The number of methoxy groups -OCH3 is 2. The molecule has 2 rings (SSSR count). The van der Waals surface area contributed by atoms with Crippen LogP contribution in [0.4, 0.5) is 15.8 Å². The number of carbonyl (C=O) groups excluding carboxylic acids is 1. The van der Waals surface area contributed by atoms with Gasteiger partial charge in [0, 0.05) is 32.5 Å². The number of ether oxygens (including phenoxy) is 2. The predicted octanol–water partition coefficient (Wildman–Crippen LogP) is 2.06. The zero-order valence-electron chi connectivity index (χ0n) is 12.4. The van der Waals surface area contributed by atoms with Crippen molar-refractivity contribution >= 4 is 17.3 Å². The van der Waals surface area contributed by atoms with Gasteiger partial charge in [0.2, 0.25) is 0 Å². The van der Waals surface area contributed by atoms with Crippen molar-refractivity contribution < 1.29 is 18.7 Å². The number of benzene rings is 1. The van der Waals surface area contributed by atoms with Crippen LogP contribution in [0, 0.1) is 11.7 Å². The Morgan fingerprint density at radius 3 is 2.62 bits per heavy atom. The summed E-state index contributed by atoms with van der Waals surface area (Å²) >= 11 is 0. The number of hydrogen-bond acceptors (Lipinski definition) is 5. The Balaban J connectivity index is 2.18. The molecule has 6 heteroatoms. The average Bonchev–Trinajstić information content (AvgIpc) is 2.48. The Kier molecular flexibility index (Phi) is 5.01. The molecule has 0 atom stereocenters. The number of esters is 1. The molecule has 1 saturated heterocycles. The Bertz CT molecular complexity index is 514. The minimum atomic E-state index is -0.553. The van der Waals surface area contributed by atoms with Gasteiger partial charge in [-0.15, -0.1) is 0 Å². The van der Waals surface area contributed by atoms with Crippen LogP contribution in [0.25, 0.3) is 0 Å². The quantitative estimate of drug-likeness (QED) is 0.680. The first-order chi connectivity index (χ1) is 10.1. The summed E-state index contributed by atoms with van der Waals surface area (Å²) in [6, 6.07) is 2.66. The van der Waals surface area contributed by atoms with Crippen LogP contribution < -0.4 is 10.6 Å². The van der Waals surface area contributed by atoms with Gasteiger partial charge in [-0.25, -0.2) is 9.18 Å².